The maximum atomic E-state index is 12.8. The number of halogens is 1. The molecule has 2 rings (SSSR count). The molecule has 1 aliphatic rings. The highest BCUT2D eigenvalue weighted by molar-refractivity contribution is 7.86. The summed E-state index contributed by atoms with van der Waals surface area (Å²) in [7, 11) is -4.67. The zero-order valence-corrected chi connectivity index (χ0v) is 13.4. The Morgan fingerprint density at radius 3 is 2.74 bits per heavy atom. The SMILES string of the molecule is Cc1cccc(C(CC(=O)O)N2CC(CS(=O)(=O)F)CC2=O)c1. The van der Waals surface area contributed by atoms with E-state index in [1.165, 1.54) is 4.90 Å². The fourth-order valence-electron chi connectivity index (χ4n) is 2.95. The monoisotopic (exact) mass is 343 g/mol. The van der Waals surface area contributed by atoms with Gasteiger partial charge in [0.2, 0.25) is 5.91 Å². The van der Waals surface area contributed by atoms with E-state index in [1.807, 2.05) is 13.0 Å². The molecule has 126 valence electrons. The molecule has 1 aromatic rings. The number of aryl methyl sites for hydroxylation is 1. The first kappa shape index (κ1) is 17.4. The van der Waals surface area contributed by atoms with Crippen molar-refractivity contribution >= 4 is 22.1 Å². The molecule has 0 aliphatic carbocycles. The van der Waals surface area contributed by atoms with Gasteiger partial charge in [-0.1, -0.05) is 29.8 Å². The molecule has 2 atom stereocenters. The van der Waals surface area contributed by atoms with Gasteiger partial charge in [0.05, 0.1) is 18.2 Å². The minimum atomic E-state index is -4.67. The first-order valence-electron chi connectivity index (χ1n) is 7.16. The Labute approximate surface area is 134 Å². The van der Waals surface area contributed by atoms with Gasteiger partial charge < -0.3 is 10.0 Å². The molecule has 0 radical (unpaired) electrons. The van der Waals surface area contributed by atoms with Crippen LogP contribution in [-0.2, 0) is 19.8 Å². The van der Waals surface area contributed by atoms with Crippen molar-refractivity contribution in [3.8, 4) is 0 Å². The molecular formula is C15H18FNO5S. The number of amides is 1. The molecule has 1 aromatic carbocycles. The molecule has 1 aliphatic heterocycles. The lowest BCUT2D eigenvalue weighted by Gasteiger charge is -2.27. The predicted molar refractivity (Wildman–Crippen MR) is 80.9 cm³/mol. The van der Waals surface area contributed by atoms with Gasteiger partial charge in [-0.15, -0.1) is 3.89 Å². The smallest absolute Gasteiger partial charge is 0.305 e. The number of nitrogens with zero attached hydrogens (tertiary/aromatic N) is 1. The molecule has 23 heavy (non-hydrogen) atoms. The van der Waals surface area contributed by atoms with Crippen LogP contribution in [0.2, 0.25) is 0 Å². The molecule has 1 saturated heterocycles. The first-order valence-corrected chi connectivity index (χ1v) is 8.71. The number of rotatable bonds is 6. The number of hydrogen-bond donors (Lipinski definition) is 1. The second-order valence-corrected chi connectivity index (χ2v) is 7.26. The number of aliphatic carboxylic acids is 1. The minimum Gasteiger partial charge on any atom is -0.481 e. The zero-order valence-electron chi connectivity index (χ0n) is 12.6. The second kappa shape index (κ2) is 6.66. The molecule has 0 aromatic heterocycles. The third kappa shape index (κ3) is 4.75. The Morgan fingerprint density at radius 1 is 1.48 bits per heavy atom. The summed E-state index contributed by atoms with van der Waals surface area (Å²) in [5, 5.41) is 9.12. The number of carbonyl (C=O) groups is 2. The van der Waals surface area contributed by atoms with Crippen LogP contribution < -0.4 is 0 Å². The molecule has 0 spiro atoms. The molecule has 6 nitrogen and oxygen atoms in total. The van der Waals surface area contributed by atoms with Crippen molar-refractivity contribution in [1.29, 1.82) is 0 Å². The molecule has 1 heterocycles. The molecule has 1 amide bonds. The number of carboxylic acids is 1. The predicted octanol–water partition coefficient (Wildman–Crippen LogP) is 1.66. The summed E-state index contributed by atoms with van der Waals surface area (Å²) in [5.74, 6) is -2.79. The van der Waals surface area contributed by atoms with Crippen LogP contribution in [0, 0.1) is 12.8 Å². The van der Waals surface area contributed by atoms with Gasteiger partial charge in [0.25, 0.3) is 0 Å². The van der Waals surface area contributed by atoms with Crippen LogP contribution in [0.5, 0.6) is 0 Å². The topological polar surface area (TPSA) is 91.8 Å². The lowest BCUT2D eigenvalue weighted by molar-refractivity contribution is -0.139. The Morgan fingerprint density at radius 2 is 2.17 bits per heavy atom. The molecule has 8 heteroatoms. The molecule has 1 N–H and O–H groups in total. The van der Waals surface area contributed by atoms with Crippen LogP contribution in [0.1, 0.15) is 30.0 Å². The largest absolute Gasteiger partial charge is 0.481 e. The van der Waals surface area contributed by atoms with E-state index in [-0.39, 0.29) is 25.3 Å². The van der Waals surface area contributed by atoms with Crippen molar-refractivity contribution in [1.82, 2.24) is 4.90 Å². The summed E-state index contributed by atoms with van der Waals surface area (Å²) in [6.07, 6.45) is -0.380. The van der Waals surface area contributed by atoms with Crippen LogP contribution in [0.15, 0.2) is 24.3 Å². The Balaban J connectivity index is 2.26. The van der Waals surface area contributed by atoms with Gasteiger partial charge in [0.15, 0.2) is 0 Å². The fraction of sp³-hybridized carbons (Fsp3) is 0.467. The zero-order chi connectivity index (χ0) is 17.2. The van der Waals surface area contributed by atoms with Crippen LogP contribution in [0.4, 0.5) is 3.89 Å². The van der Waals surface area contributed by atoms with Gasteiger partial charge in [-0.3, -0.25) is 9.59 Å². The van der Waals surface area contributed by atoms with Crippen molar-refractivity contribution in [3.63, 3.8) is 0 Å². The Bertz CT molecular complexity index is 718. The summed E-state index contributed by atoms with van der Waals surface area (Å²) in [4.78, 5) is 24.7. The minimum absolute atomic E-state index is 0.0356. The van der Waals surface area contributed by atoms with Crippen molar-refractivity contribution < 1.29 is 27.0 Å². The molecule has 0 bridgehead atoms. The lowest BCUT2D eigenvalue weighted by atomic mass is 10.0. The summed E-state index contributed by atoms with van der Waals surface area (Å²) >= 11 is 0. The van der Waals surface area contributed by atoms with Crippen LogP contribution >= 0.6 is 0 Å². The van der Waals surface area contributed by atoms with E-state index in [9.17, 15) is 21.9 Å². The highest BCUT2D eigenvalue weighted by Crippen LogP contribution is 2.32. The molecule has 2 unspecified atom stereocenters. The van der Waals surface area contributed by atoms with Crippen LogP contribution in [-0.4, -0.2) is 42.6 Å². The molecule has 1 fully saturated rings. The van der Waals surface area contributed by atoms with E-state index in [2.05, 4.69) is 0 Å². The summed E-state index contributed by atoms with van der Waals surface area (Å²) in [6, 6.07) is 6.45. The maximum absolute atomic E-state index is 12.8. The third-order valence-electron chi connectivity index (χ3n) is 3.84. The second-order valence-electron chi connectivity index (χ2n) is 5.85. The van der Waals surface area contributed by atoms with E-state index in [1.54, 1.807) is 18.2 Å². The number of hydrogen-bond acceptors (Lipinski definition) is 4. The van der Waals surface area contributed by atoms with Gasteiger partial charge in [0, 0.05) is 18.9 Å². The normalized spacial score (nSPS) is 19.8. The van der Waals surface area contributed by atoms with E-state index >= 15 is 0 Å². The third-order valence-corrected chi connectivity index (χ3v) is 4.71. The quantitative estimate of drug-likeness (QED) is 0.793. The number of benzene rings is 1. The highest BCUT2D eigenvalue weighted by Gasteiger charge is 2.37. The average molecular weight is 343 g/mol. The van der Waals surface area contributed by atoms with E-state index in [0.717, 1.165) is 5.56 Å². The summed E-state index contributed by atoms with van der Waals surface area (Å²) in [5.41, 5.74) is 1.59. The molecule has 0 saturated carbocycles. The highest BCUT2D eigenvalue weighted by atomic mass is 32.3. The standard InChI is InChI=1S/C15H18FNO5S/c1-10-3-2-4-12(5-10)13(7-15(19)20)17-8-11(6-14(17)18)9-23(16,21)22/h2-5,11,13H,6-9H2,1H3,(H,19,20). The van der Waals surface area contributed by atoms with Gasteiger partial charge in [-0.2, -0.15) is 8.42 Å². The first-order chi connectivity index (χ1) is 10.7. The van der Waals surface area contributed by atoms with Gasteiger partial charge in [0.1, 0.15) is 0 Å². The average Bonchev–Trinajstić information content (AvgIpc) is 2.74. The summed E-state index contributed by atoms with van der Waals surface area (Å²) < 4.78 is 34.4. The molecular weight excluding hydrogens is 325 g/mol. The van der Waals surface area contributed by atoms with Crippen molar-refractivity contribution in [2.45, 2.75) is 25.8 Å². The van der Waals surface area contributed by atoms with Crippen molar-refractivity contribution in [2.24, 2.45) is 5.92 Å². The maximum Gasteiger partial charge on any atom is 0.305 e. The van der Waals surface area contributed by atoms with Gasteiger partial charge in [-0.25, -0.2) is 0 Å². The fourth-order valence-corrected chi connectivity index (χ4v) is 3.74. The number of likely N-dealkylation sites (tertiary alicyclic amines) is 1. The number of carbonyl (C=O) groups excluding carboxylic acids is 1. The Hall–Kier alpha value is -1.96. The van der Waals surface area contributed by atoms with Crippen molar-refractivity contribution in [3.05, 3.63) is 35.4 Å². The van der Waals surface area contributed by atoms with E-state index in [4.69, 9.17) is 5.11 Å². The van der Waals surface area contributed by atoms with Gasteiger partial charge in [-0.05, 0) is 12.5 Å². The number of carboxylic acid groups (broad SMARTS) is 1. The Kier molecular flexibility index (Phi) is 5.03. The lowest BCUT2D eigenvalue weighted by Crippen LogP contribution is -2.32. The van der Waals surface area contributed by atoms with E-state index in [0.29, 0.717) is 5.56 Å². The summed E-state index contributed by atoms with van der Waals surface area (Å²) in [6.45, 7) is 1.89. The van der Waals surface area contributed by atoms with Gasteiger partial charge >= 0.3 is 16.2 Å². The van der Waals surface area contributed by atoms with Crippen LogP contribution in [0.3, 0.4) is 0 Å². The van der Waals surface area contributed by atoms with Crippen molar-refractivity contribution in [2.75, 3.05) is 12.3 Å². The van der Waals surface area contributed by atoms with Crippen LogP contribution in [0.25, 0.3) is 0 Å². The van der Waals surface area contributed by atoms with E-state index < -0.39 is 33.9 Å².